The van der Waals surface area contributed by atoms with Crippen molar-refractivity contribution in [1.82, 2.24) is 0 Å². The molecule has 0 aromatic carbocycles. The van der Waals surface area contributed by atoms with E-state index in [2.05, 4.69) is 40.8 Å². The molecule has 0 unspecified atom stereocenters. The number of aliphatic hydroxyl groups is 1. The molecule has 0 fully saturated rings. The Morgan fingerprint density at radius 3 is 1.42 bits per heavy atom. The predicted molar refractivity (Wildman–Crippen MR) is 62.7 cm³/mol. The third-order valence-electron chi connectivity index (χ3n) is 0.771. The Labute approximate surface area is 105 Å². The molecule has 7 heteroatoms. The van der Waals surface area contributed by atoms with Crippen LogP contribution in [-0.4, -0.2) is 43.9 Å². The standard InChI is InChI=1S/C5H14NO.Mo.2H2S.2S/c1-6(2,3)4-5-7;;;;;/h7H,4-5H2,1-3H3;;2*1H2;;/q+1;;;;;/p-2. The molecule has 0 radical (unpaired) electrons. The van der Waals surface area contributed by atoms with E-state index >= 15 is 0 Å². The van der Waals surface area contributed by atoms with E-state index in [-0.39, 0.29) is 48.5 Å². The first-order valence-electron chi connectivity index (χ1n) is 2.81. The van der Waals surface area contributed by atoms with Crippen LogP contribution in [0.25, 0.3) is 0 Å². The number of hydrogen-bond acceptors (Lipinski definition) is 5. The molecule has 12 heavy (non-hydrogen) atoms. The number of rotatable bonds is 2. The average Bonchev–Trinajstić information content (AvgIpc) is 1.63. The van der Waals surface area contributed by atoms with Gasteiger partial charge in [-0.25, -0.2) is 0 Å². The van der Waals surface area contributed by atoms with Gasteiger partial charge in [0.15, 0.2) is 0 Å². The minimum absolute atomic E-state index is 0. The van der Waals surface area contributed by atoms with Crippen molar-refractivity contribution in [2.24, 2.45) is 0 Å². The number of quaternary nitrogens is 1. The Balaban J connectivity index is -0.0000000569. The minimum atomic E-state index is -0.363. The van der Waals surface area contributed by atoms with Crippen LogP contribution in [0.3, 0.4) is 0 Å². The van der Waals surface area contributed by atoms with Crippen LogP contribution < -0.4 is 0 Å². The molecular formula is C5H16MoNOS4-. The maximum atomic E-state index is 8.39. The number of hydrogen-bond donors (Lipinski definition) is 1. The van der Waals surface area contributed by atoms with E-state index in [0.29, 0.717) is 0 Å². The van der Waals surface area contributed by atoms with Crippen LogP contribution in [0, 0.1) is 0 Å². The van der Waals surface area contributed by atoms with Crippen LogP contribution in [-0.2, 0) is 41.9 Å². The van der Waals surface area contributed by atoms with Gasteiger partial charge in [-0.1, -0.05) is 0 Å². The fourth-order valence-electron chi connectivity index (χ4n) is 0.300. The molecule has 0 rings (SSSR count). The summed E-state index contributed by atoms with van der Waals surface area (Å²) in [6, 6.07) is 0. The van der Waals surface area contributed by atoms with E-state index in [1.807, 2.05) is 0 Å². The quantitative estimate of drug-likeness (QED) is 0.342. The van der Waals surface area contributed by atoms with Crippen LogP contribution in [0.1, 0.15) is 0 Å². The van der Waals surface area contributed by atoms with E-state index in [1.165, 1.54) is 0 Å². The van der Waals surface area contributed by atoms with Crippen LogP contribution in [0.4, 0.5) is 0 Å². The molecule has 0 aromatic heterocycles. The van der Waals surface area contributed by atoms with Crippen molar-refractivity contribution in [3.8, 4) is 0 Å². The van der Waals surface area contributed by atoms with Crippen molar-refractivity contribution in [2.45, 2.75) is 0 Å². The van der Waals surface area contributed by atoms with Gasteiger partial charge in [0, 0.05) is 0 Å². The van der Waals surface area contributed by atoms with E-state index < -0.39 is 0 Å². The summed E-state index contributed by atoms with van der Waals surface area (Å²) in [6.45, 7) is 1.11. The van der Waals surface area contributed by atoms with Crippen LogP contribution in [0.15, 0.2) is 0 Å². The van der Waals surface area contributed by atoms with Crippen LogP contribution in [0.2, 0.25) is 0 Å². The second-order valence-corrected chi connectivity index (χ2v) is 6.36. The van der Waals surface area contributed by atoms with E-state index in [4.69, 9.17) is 5.11 Å². The molecular weight excluding hydrogens is 314 g/mol. The molecule has 0 bridgehead atoms. The Morgan fingerprint density at radius 2 is 1.42 bits per heavy atom. The fraction of sp³-hybridized carbons (Fsp3) is 1.00. The maximum absolute atomic E-state index is 8.39. The zero-order valence-electron chi connectivity index (χ0n) is 7.43. The second kappa shape index (κ2) is 15.2. The van der Waals surface area contributed by atoms with Gasteiger partial charge in [0.2, 0.25) is 0 Å². The van der Waals surface area contributed by atoms with Gasteiger partial charge >= 0.3 is 34.6 Å². The molecule has 2 nitrogen and oxygen atoms in total. The van der Waals surface area contributed by atoms with Crippen LogP contribution in [0.5, 0.6) is 0 Å². The van der Waals surface area contributed by atoms with Crippen molar-refractivity contribution in [2.75, 3.05) is 34.3 Å². The molecule has 0 aromatic rings. The Hall–Kier alpha value is 1.75. The van der Waals surface area contributed by atoms with Crippen molar-refractivity contribution in [3.05, 3.63) is 0 Å². The average molecular weight is 330 g/mol. The summed E-state index contributed by atoms with van der Waals surface area (Å²) < 4.78 is 0.844. The van der Waals surface area contributed by atoms with E-state index in [1.54, 1.807) is 0 Å². The van der Waals surface area contributed by atoms with Gasteiger partial charge in [-0.15, -0.1) is 0 Å². The molecule has 0 spiro atoms. The normalized spacial score (nSPS) is 8.00. The van der Waals surface area contributed by atoms with E-state index in [9.17, 15) is 0 Å². The third-order valence-corrected chi connectivity index (χ3v) is 0.771. The second-order valence-electron chi connectivity index (χ2n) is 2.81. The topological polar surface area (TPSA) is 20.2 Å². The molecule has 0 aliphatic rings. The van der Waals surface area contributed by atoms with Crippen molar-refractivity contribution in [3.63, 3.8) is 0 Å². The van der Waals surface area contributed by atoms with Gasteiger partial charge in [0.25, 0.3) is 0 Å². The summed E-state index contributed by atoms with van der Waals surface area (Å²) in [4.78, 5) is 0. The van der Waals surface area contributed by atoms with Gasteiger partial charge in [-0.2, -0.15) is 0 Å². The molecule has 78 valence electrons. The SMILES string of the molecule is C[N+](C)(C)CCO.[SH-].[SH-].[S]=[Mo]=[S]. The van der Waals surface area contributed by atoms with Gasteiger partial charge < -0.3 is 36.6 Å². The van der Waals surface area contributed by atoms with Crippen LogP contribution >= 0.6 is 19.6 Å². The van der Waals surface area contributed by atoms with Gasteiger partial charge in [-0.05, 0) is 0 Å². The summed E-state index contributed by atoms with van der Waals surface area (Å²) in [5, 5.41) is 8.39. The third kappa shape index (κ3) is 41.1. The Kier molecular flexibility index (Phi) is 29.8. The molecule has 1 N–H and O–H groups in total. The zero-order valence-corrected chi connectivity index (χ0v) is 12.9. The van der Waals surface area contributed by atoms with Crippen molar-refractivity contribution in [1.29, 1.82) is 0 Å². The summed E-state index contributed by atoms with van der Waals surface area (Å²) in [6.07, 6.45) is 0. The molecule has 0 saturated heterocycles. The van der Waals surface area contributed by atoms with Gasteiger partial charge in [0.05, 0.1) is 27.7 Å². The Morgan fingerprint density at radius 1 is 1.17 bits per heavy atom. The first kappa shape index (κ1) is 23.5. The van der Waals surface area contributed by atoms with Gasteiger partial charge in [0.1, 0.15) is 6.54 Å². The number of thiol groups is 2. The summed E-state index contributed by atoms with van der Waals surface area (Å²) in [5.74, 6) is 0. The Bertz CT molecular complexity index is 111. The molecule has 0 aliphatic heterocycles. The number of aliphatic hydroxyl groups excluding tert-OH is 1. The van der Waals surface area contributed by atoms with Crippen molar-refractivity contribution < 1.29 is 24.5 Å². The summed E-state index contributed by atoms with van der Waals surface area (Å²) in [5.41, 5.74) is 0. The molecule has 0 amide bonds. The first-order chi connectivity index (χ1) is 4.47. The van der Waals surface area contributed by atoms with Gasteiger partial charge in [-0.3, -0.25) is 0 Å². The first-order valence-corrected chi connectivity index (χ1v) is 8.39. The number of likely N-dealkylation sites (N-methyl/N-ethyl adjacent to an activating group) is 1. The predicted octanol–water partition coefficient (Wildman–Crippen LogP) is 0.439. The monoisotopic (exact) mass is 332 g/mol. The molecule has 0 heterocycles. The van der Waals surface area contributed by atoms with E-state index in [0.717, 1.165) is 11.0 Å². The summed E-state index contributed by atoms with van der Waals surface area (Å²) in [7, 11) is 14.8. The fourth-order valence-corrected chi connectivity index (χ4v) is 0.300. The van der Waals surface area contributed by atoms with Crippen molar-refractivity contribution >= 4 is 46.6 Å². The summed E-state index contributed by atoms with van der Waals surface area (Å²) >= 11 is -0.363. The zero-order chi connectivity index (χ0) is 8.62. The molecule has 0 aliphatic carbocycles. The molecule has 0 saturated carbocycles. The molecule has 0 atom stereocenters. The number of nitrogens with zero attached hydrogens (tertiary/aromatic N) is 1.